The first kappa shape index (κ1) is 21.0. The molecule has 1 saturated heterocycles. The fourth-order valence-corrected chi connectivity index (χ4v) is 4.94. The molecule has 4 rings (SSSR count). The molecule has 6 heteroatoms. The Morgan fingerprint density at radius 3 is 2.73 bits per heavy atom. The average molecular weight is 412 g/mol. The van der Waals surface area contributed by atoms with E-state index in [9.17, 15) is 9.59 Å². The molecular formula is C24H33N3O3. The number of carbonyl (C=O) groups is 2. The highest BCUT2D eigenvalue weighted by Gasteiger charge is 2.36. The van der Waals surface area contributed by atoms with E-state index in [0.29, 0.717) is 19.7 Å². The first-order chi connectivity index (χ1) is 14.7. The van der Waals surface area contributed by atoms with Crippen LogP contribution in [0.4, 0.5) is 0 Å². The SMILES string of the molecule is O=C([C@H]1CC=CCC1)N1CC(=O)N(C2CCCCC2)C[C@@H](OCc2cccnc2)C1. The van der Waals surface area contributed by atoms with Crippen LogP contribution in [0.15, 0.2) is 36.7 Å². The van der Waals surface area contributed by atoms with Crippen LogP contribution in [0.1, 0.15) is 56.9 Å². The molecule has 1 saturated carbocycles. The minimum Gasteiger partial charge on any atom is -0.370 e. The number of allylic oxidation sites excluding steroid dienone is 2. The van der Waals surface area contributed by atoms with Crippen LogP contribution in [0.3, 0.4) is 0 Å². The lowest BCUT2D eigenvalue weighted by molar-refractivity contribution is -0.142. The van der Waals surface area contributed by atoms with Gasteiger partial charge in [0.2, 0.25) is 11.8 Å². The summed E-state index contributed by atoms with van der Waals surface area (Å²) in [6.45, 7) is 1.67. The minimum absolute atomic E-state index is 0.0111. The molecule has 0 N–H and O–H groups in total. The molecule has 0 aromatic carbocycles. The lowest BCUT2D eigenvalue weighted by atomic mass is 9.93. The predicted octanol–water partition coefficient (Wildman–Crippen LogP) is 3.33. The standard InChI is InChI=1S/C24H33N3O3/c28-23-17-26(24(29)20-9-3-1-4-10-20)15-22(30-18-19-8-7-13-25-14-19)16-27(23)21-11-5-2-6-12-21/h1,3,7-8,13-14,20-22H,2,4-6,9-12,15-18H2/t20-,22-/m0/s1. The van der Waals surface area contributed by atoms with Gasteiger partial charge in [-0.15, -0.1) is 0 Å². The van der Waals surface area contributed by atoms with Crippen molar-refractivity contribution in [1.82, 2.24) is 14.8 Å². The third kappa shape index (κ3) is 5.28. The number of aromatic nitrogens is 1. The first-order valence-corrected chi connectivity index (χ1v) is 11.4. The molecule has 2 atom stereocenters. The topological polar surface area (TPSA) is 62.7 Å². The van der Waals surface area contributed by atoms with Crippen molar-refractivity contribution >= 4 is 11.8 Å². The van der Waals surface area contributed by atoms with Crippen molar-refractivity contribution in [2.24, 2.45) is 5.92 Å². The molecule has 3 aliphatic rings. The minimum atomic E-state index is -0.179. The molecule has 1 aromatic rings. The van der Waals surface area contributed by atoms with Crippen molar-refractivity contribution in [3.8, 4) is 0 Å². The van der Waals surface area contributed by atoms with Gasteiger partial charge in [-0.05, 0) is 43.7 Å². The number of nitrogens with zero attached hydrogens (tertiary/aromatic N) is 3. The van der Waals surface area contributed by atoms with E-state index in [1.807, 2.05) is 17.0 Å². The van der Waals surface area contributed by atoms with Crippen LogP contribution >= 0.6 is 0 Å². The summed E-state index contributed by atoms with van der Waals surface area (Å²) < 4.78 is 6.24. The van der Waals surface area contributed by atoms with Crippen molar-refractivity contribution < 1.29 is 14.3 Å². The maximum atomic E-state index is 13.2. The molecule has 0 unspecified atom stereocenters. The number of rotatable bonds is 5. The van der Waals surface area contributed by atoms with Crippen molar-refractivity contribution in [3.63, 3.8) is 0 Å². The van der Waals surface area contributed by atoms with Crippen molar-refractivity contribution in [2.45, 2.75) is 70.1 Å². The Morgan fingerprint density at radius 2 is 2.00 bits per heavy atom. The van der Waals surface area contributed by atoms with E-state index >= 15 is 0 Å². The maximum Gasteiger partial charge on any atom is 0.242 e. The molecule has 0 radical (unpaired) electrons. The van der Waals surface area contributed by atoms with Gasteiger partial charge in [0, 0.05) is 37.4 Å². The van der Waals surface area contributed by atoms with Crippen molar-refractivity contribution in [2.75, 3.05) is 19.6 Å². The third-order valence-corrected chi connectivity index (χ3v) is 6.62. The van der Waals surface area contributed by atoms with Gasteiger partial charge in [0.05, 0.1) is 19.3 Å². The van der Waals surface area contributed by atoms with E-state index in [-0.39, 0.29) is 36.4 Å². The Labute approximate surface area is 179 Å². The van der Waals surface area contributed by atoms with Crippen LogP contribution in [0.2, 0.25) is 0 Å². The van der Waals surface area contributed by atoms with Gasteiger partial charge in [0.25, 0.3) is 0 Å². The Kier molecular flexibility index (Phi) is 7.16. The van der Waals surface area contributed by atoms with Gasteiger partial charge < -0.3 is 14.5 Å². The predicted molar refractivity (Wildman–Crippen MR) is 114 cm³/mol. The van der Waals surface area contributed by atoms with Gasteiger partial charge >= 0.3 is 0 Å². The summed E-state index contributed by atoms with van der Waals surface area (Å²) in [6.07, 6.45) is 15.9. The van der Waals surface area contributed by atoms with E-state index in [1.165, 1.54) is 19.3 Å². The maximum absolute atomic E-state index is 13.2. The fourth-order valence-electron chi connectivity index (χ4n) is 4.94. The lowest BCUT2D eigenvalue weighted by Crippen LogP contribution is -2.46. The molecule has 30 heavy (non-hydrogen) atoms. The fraction of sp³-hybridized carbons (Fsp3) is 0.625. The molecular weight excluding hydrogens is 378 g/mol. The molecule has 0 bridgehead atoms. The average Bonchev–Trinajstić information content (AvgIpc) is 2.98. The zero-order valence-electron chi connectivity index (χ0n) is 17.7. The Balaban J connectivity index is 1.48. The summed E-state index contributed by atoms with van der Waals surface area (Å²) in [6, 6.07) is 4.17. The lowest BCUT2D eigenvalue weighted by Gasteiger charge is -2.34. The van der Waals surface area contributed by atoms with Crippen LogP contribution in [0.5, 0.6) is 0 Å². The second-order valence-corrected chi connectivity index (χ2v) is 8.83. The number of carbonyl (C=O) groups excluding carboxylic acids is 2. The Hall–Kier alpha value is -2.21. The van der Waals surface area contributed by atoms with E-state index < -0.39 is 0 Å². The van der Waals surface area contributed by atoms with E-state index in [4.69, 9.17) is 4.74 Å². The van der Waals surface area contributed by atoms with Gasteiger partial charge in [0.1, 0.15) is 0 Å². The van der Waals surface area contributed by atoms with Crippen LogP contribution in [-0.2, 0) is 20.9 Å². The Bertz CT molecular complexity index is 745. The summed E-state index contributed by atoms with van der Waals surface area (Å²) in [5, 5.41) is 0. The zero-order chi connectivity index (χ0) is 20.8. The summed E-state index contributed by atoms with van der Waals surface area (Å²) in [5.74, 6) is 0.172. The molecule has 1 aromatic heterocycles. The first-order valence-electron chi connectivity index (χ1n) is 11.4. The largest absolute Gasteiger partial charge is 0.370 e. The number of pyridine rings is 1. The van der Waals surface area contributed by atoms with Gasteiger partial charge in [-0.25, -0.2) is 0 Å². The smallest absolute Gasteiger partial charge is 0.242 e. The van der Waals surface area contributed by atoms with Crippen molar-refractivity contribution in [1.29, 1.82) is 0 Å². The summed E-state index contributed by atoms with van der Waals surface area (Å²) in [5.41, 5.74) is 1.01. The summed E-state index contributed by atoms with van der Waals surface area (Å²) in [4.78, 5) is 34.3. The van der Waals surface area contributed by atoms with Gasteiger partial charge in [-0.2, -0.15) is 0 Å². The quantitative estimate of drug-likeness (QED) is 0.698. The molecule has 2 aliphatic carbocycles. The molecule has 1 aliphatic heterocycles. The van der Waals surface area contributed by atoms with Gasteiger partial charge in [0.15, 0.2) is 0 Å². The molecule has 0 spiro atoms. The zero-order valence-corrected chi connectivity index (χ0v) is 17.7. The van der Waals surface area contributed by atoms with Crippen LogP contribution in [0.25, 0.3) is 0 Å². The summed E-state index contributed by atoms with van der Waals surface area (Å²) in [7, 11) is 0. The monoisotopic (exact) mass is 411 g/mol. The van der Waals surface area contributed by atoms with Crippen molar-refractivity contribution in [3.05, 3.63) is 42.2 Å². The van der Waals surface area contributed by atoms with Crippen LogP contribution in [-0.4, -0.2) is 58.4 Å². The van der Waals surface area contributed by atoms with Gasteiger partial charge in [-0.3, -0.25) is 14.6 Å². The summed E-state index contributed by atoms with van der Waals surface area (Å²) >= 11 is 0. The molecule has 2 amide bonds. The van der Waals surface area contributed by atoms with Crippen LogP contribution in [0, 0.1) is 5.92 Å². The molecule has 162 valence electrons. The second-order valence-electron chi connectivity index (χ2n) is 8.83. The molecule has 2 heterocycles. The Morgan fingerprint density at radius 1 is 1.13 bits per heavy atom. The normalized spacial score (nSPS) is 25.9. The van der Waals surface area contributed by atoms with Gasteiger partial charge in [-0.1, -0.05) is 37.5 Å². The van der Waals surface area contributed by atoms with E-state index in [0.717, 1.165) is 37.7 Å². The van der Waals surface area contributed by atoms with Crippen LogP contribution < -0.4 is 0 Å². The second kappa shape index (κ2) is 10.2. The third-order valence-electron chi connectivity index (χ3n) is 6.62. The molecule has 2 fully saturated rings. The molecule has 6 nitrogen and oxygen atoms in total. The number of ether oxygens (including phenoxy) is 1. The highest BCUT2D eigenvalue weighted by atomic mass is 16.5. The number of hydrogen-bond acceptors (Lipinski definition) is 4. The van der Waals surface area contributed by atoms with E-state index in [1.54, 1.807) is 17.3 Å². The number of amides is 2. The van der Waals surface area contributed by atoms with E-state index in [2.05, 4.69) is 17.1 Å². The highest BCUT2D eigenvalue weighted by Crippen LogP contribution is 2.26. The highest BCUT2D eigenvalue weighted by molar-refractivity contribution is 5.86. The number of hydrogen-bond donors (Lipinski definition) is 0.